The molecule has 25 heavy (non-hydrogen) atoms. The standard InChI is InChI=1S/C17H24FN3O3.ClH/c1-5-24-14-9-17(19,16(14,3)4)15(23)21-11-6-7-12(18)13(8-11)20-10(2)22;/h6-8,14H,5,9,19H2,1-4H3,(H,20,22)(H,21,23);1H. The second-order valence-corrected chi connectivity index (χ2v) is 6.67. The van der Waals surface area contributed by atoms with Crippen LogP contribution < -0.4 is 16.4 Å². The van der Waals surface area contributed by atoms with Crippen LogP contribution in [-0.4, -0.2) is 30.1 Å². The Kier molecular flexibility index (Phi) is 6.55. The van der Waals surface area contributed by atoms with Gasteiger partial charge >= 0.3 is 0 Å². The summed E-state index contributed by atoms with van der Waals surface area (Å²) in [5.41, 5.74) is 5.08. The molecular weight excluding hydrogens is 349 g/mol. The van der Waals surface area contributed by atoms with E-state index in [0.717, 1.165) is 0 Å². The minimum absolute atomic E-state index is 0. The molecule has 0 aromatic heterocycles. The first kappa shape index (κ1) is 21.3. The maximum Gasteiger partial charge on any atom is 0.245 e. The Bertz CT molecular complexity index is 669. The molecule has 1 aliphatic carbocycles. The van der Waals surface area contributed by atoms with E-state index in [4.69, 9.17) is 10.5 Å². The third kappa shape index (κ3) is 3.94. The summed E-state index contributed by atoms with van der Waals surface area (Å²) in [5, 5.41) is 5.08. The van der Waals surface area contributed by atoms with Crippen molar-refractivity contribution < 1.29 is 18.7 Å². The molecular formula is C17H25ClFN3O3. The van der Waals surface area contributed by atoms with E-state index in [2.05, 4.69) is 10.6 Å². The molecule has 1 saturated carbocycles. The number of benzene rings is 1. The van der Waals surface area contributed by atoms with Crippen LogP contribution in [0.25, 0.3) is 0 Å². The first-order valence-electron chi connectivity index (χ1n) is 7.91. The molecule has 1 fully saturated rings. The number of rotatable bonds is 5. The molecule has 0 saturated heterocycles. The Morgan fingerprint density at radius 1 is 1.36 bits per heavy atom. The van der Waals surface area contributed by atoms with Gasteiger partial charge in [-0.2, -0.15) is 0 Å². The number of carbonyl (C=O) groups excluding carboxylic acids is 2. The van der Waals surface area contributed by atoms with Gasteiger partial charge in [-0.1, -0.05) is 13.8 Å². The van der Waals surface area contributed by atoms with E-state index in [1.807, 2.05) is 20.8 Å². The number of ether oxygens (including phenoxy) is 1. The zero-order chi connectivity index (χ0) is 18.1. The number of nitrogens with two attached hydrogens (primary N) is 1. The SMILES string of the molecule is CCOC1CC(N)(C(=O)Nc2ccc(F)c(NC(C)=O)c2)C1(C)C.Cl. The van der Waals surface area contributed by atoms with Crippen molar-refractivity contribution in [2.45, 2.75) is 45.8 Å². The predicted molar refractivity (Wildman–Crippen MR) is 97.3 cm³/mol. The molecule has 6 nitrogen and oxygen atoms in total. The van der Waals surface area contributed by atoms with Crippen LogP contribution in [0.4, 0.5) is 15.8 Å². The lowest BCUT2D eigenvalue weighted by atomic mass is 9.54. The first-order valence-corrected chi connectivity index (χ1v) is 7.91. The first-order chi connectivity index (χ1) is 11.1. The summed E-state index contributed by atoms with van der Waals surface area (Å²) in [6.07, 6.45) is 0.334. The molecule has 8 heteroatoms. The fraction of sp³-hybridized carbons (Fsp3) is 0.529. The number of hydrogen-bond acceptors (Lipinski definition) is 4. The van der Waals surface area contributed by atoms with Crippen molar-refractivity contribution in [3.05, 3.63) is 24.0 Å². The van der Waals surface area contributed by atoms with E-state index in [9.17, 15) is 14.0 Å². The maximum absolute atomic E-state index is 13.7. The molecule has 2 unspecified atom stereocenters. The predicted octanol–water partition coefficient (Wildman–Crippen LogP) is 2.68. The molecule has 4 N–H and O–H groups in total. The Morgan fingerprint density at radius 3 is 2.52 bits per heavy atom. The molecule has 2 rings (SSSR count). The van der Waals surface area contributed by atoms with Crippen molar-refractivity contribution in [3.63, 3.8) is 0 Å². The van der Waals surface area contributed by atoms with Gasteiger partial charge in [0.25, 0.3) is 0 Å². The van der Waals surface area contributed by atoms with Crippen LogP contribution in [0.1, 0.15) is 34.1 Å². The van der Waals surface area contributed by atoms with Crippen LogP contribution in [0.5, 0.6) is 0 Å². The van der Waals surface area contributed by atoms with E-state index in [1.165, 1.54) is 25.1 Å². The second-order valence-electron chi connectivity index (χ2n) is 6.67. The number of anilines is 2. The fourth-order valence-corrected chi connectivity index (χ4v) is 2.95. The molecule has 2 atom stereocenters. The largest absolute Gasteiger partial charge is 0.378 e. The highest BCUT2D eigenvalue weighted by atomic mass is 35.5. The van der Waals surface area contributed by atoms with E-state index >= 15 is 0 Å². The molecule has 0 heterocycles. The number of amides is 2. The van der Waals surface area contributed by atoms with Crippen molar-refractivity contribution in [1.29, 1.82) is 0 Å². The number of carbonyl (C=O) groups is 2. The Hall–Kier alpha value is -1.70. The zero-order valence-electron chi connectivity index (χ0n) is 14.8. The smallest absolute Gasteiger partial charge is 0.245 e. The van der Waals surface area contributed by atoms with Gasteiger partial charge in [-0.15, -0.1) is 12.4 Å². The summed E-state index contributed by atoms with van der Waals surface area (Å²) < 4.78 is 19.3. The van der Waals surface area contributed by atoms with Crippen LogP contribution in [0.3, 0.4) is 0 Å². The van der Waals surface area contributed by atoms with E-state index in [1.54, 1.807) is 0 Å². The van der Waals surface area contributed by atoms with Gasteiger partial charge in [0.2, 0.25) is 11.8 Å². The molecule has 0 aliphatic heterocycles. The summed E-state index contributed by atoms with van der Waals surface area (Å²) in [4.78, 5) is 23.7. The molecule has 0 radical (unpaired) electrons. The normalized spacial score (nSPS) is 23.8. The third-order valence-electron chi connectivity index (χ3n) is 4.77. The number of hydrogen-bond donors (Lipinski definition) is 3. The van der Waals surface area contributed by atoms with E-state index < -0.39 is 22.7 Å². The maximum atomic E-state index is 13.7. The van der Waals surface area contributed by atoms with Gasteiger partial charge in [0.1, 0.15) is 11.4 Å². The van der Waals surface area contributed by atoms with Crippen LogP contribution >= 0.6 is 12.4 Å². The average molecular weight is 374 g/mol. The Balaban J connectivity index is 0.00000312. The molecule has 1 aromatic rings. The highest BCUT2D eigenvalue weighted by Gasteiger charge is 2.62. The third-order valence-corrected chi connectivity index (χ3v) is 4.77. The molecule has 1 aliphatic rings. The molecule has 0 bridgehead atoms. The Morgan fingerprint density at radius 2 is 2.00 bits per heavy atom. The van der Waals surface area contributed by atoms with Gasteiger partial charge in [-0.25, -0.2) is 4.39 Å². The fourth-order valence-electron chi connectivity index (χ4n) is 2.95. The minimum atomic E-state index is -1.07. The van der Waals surface area contributed by atoms with Crippen molar-refractivity contribution >= 4 is 35.6 Å². The molecule has 140 valence electrons. The molecule has 2 amide bonds. The van der Waals surface area contributed by atoms with Gasteiger partial charge in [-0.3, -0.25) is 9.59 Å². The summed E-state index contributed by atoms with van der Waals surface area (Å²) in [6.45, 7) is 7.52. The quantitative estimate of drug-likeness (QED) is 0.739. The van der Waals surface area contributed by atoms with E-state index in [-0.39, 0.29) is 30.1 Å². The summed E-state index contributed by atoms with van der Waals surface area (Å²) >= 11 is 0. The van der Waals surface area contributed by atoms with Crippen LogP contribution in [-0.2, 0) is 14.3 Å². The summed E-state index contributed by atoms with van der Waals surface area (Å²) in [7, 11) is 0. The highest BCUT2D eigenvalue weighted by Crippen LogP contribution is 2.50. The van der Waals surface area contributed by atoms with Crippen LogP contribution in [0.2, 0.25) is 0 Å². The van der Waals surface area contributed by atoms with Gasteiger partial charge in [0, 0.05) is 31.1 Å². The van der Waals surface area contributed by atoms with Crippen LogP contribution in [0, 0.1) is 11.2 Å². The van der Waals surface area contributed by atoms with Gasteiger partial charge in [-0.05, 0) is 25.1 Å². The van der Waals surface area contributed by atoms with Crippen molar-refractivity contribution in [1.82, 2.24) is 0 Å². The van der Waals surface area contributed by atoms with Gasteiger partial charge in [0.05, 0.1) is 11.8 Å². The van der Waals surface area contributed by atoms with Gasteiger partial charge < -0.3 is 21.1 Å². The second kappa shape index (κ2) is 7.68. The lowest BCUT2D eigenvalue weighted by Gasteiger charge is -2.57. The average Bonchev–Trinajstić information content (AvgIpc) is 2.49. The van der Waals surface area contributed by atoms with Gasteiger partial charge in [0.15, 0.2) is 0 Å². The molecule has 0 spiro atoms. The highest BCUT2D eigenvalue weighted by molar-refractivity contribution is 6.00. The monoisotopic (exact) mass is 373 g/mol. The number of nitrogens with one attached hydrogen (secondary N) is 2. The summed E-state index contributed by atoms with van der Waals surface area (Å²) in [6, 6.07) is 3.97. The van der Waals surface area contributed by atoms with Crippen LogP contribution in [0.15, 0.2) is 18.2 Å². The summed E-state index contributed by atoms with van der Waals surface area (Å²) in [5.74, 6) is -1.33. The van der Waals surface area contributed by atoms with Crippen molar-refractivity contribution in [2.75, 3.05) is 17.2 Å². The zero-order valence-corrected chi connectivity index (χ0v) is 15.6. The van der Waals surface area contributed by atoms with E-state index in [0.29, 0.717) is 18.7 Å². The molecule has 1 aromatic carbocycles. The van der Waals surface area contributed by atoms with Crippen molar-refractivity contribution in [3.8, 4) is 0 Å². The Labute approximate surface area is 153 Å². The lowest BCUT2D eigenvalue weighted by molar-refractivity contribution is -0.166. The lowest BCUT2D eigenvalue weighted by Crippen LogP contribution is -2.74. The topological polar surface area (TPSA) is 93.4 Å². The minimum Gasteiger partial charge on any atom is -0.378 e. The van der Waals surface area contributed by atoms with Crippen molar-refractivity contribution in [2.24, 2.45) is 11.1 Å². The number of halogens is 2.